The van der Waals surface area contributed by atoms with Crippen LogP contribution >= 0.6 is 0 Å². The second-order valence-electron chi connectivity index (χ2n) is 4.23. The molecule has 2 bridgehead atoms. The van der Waals surface area contributed by atoms with E-state index >= 15 is 0 Å². The maximum absolute atomic E-state index is 11.8. The molecule has 0 spiro atoms. The minimum absolute atomic E-state index is 0.122. The SMILES string of the molecule is COC(C)OC(=O)C12C=CC(CC1)C2. The third-order valence-electron chi connectivity index (χ3n) is 3.29. The molecule has 0 aromatic carbocycles. The van der Waals surface area contributed by atoms with Gasteiger partial charge in [0.2, 0.25) is 0 Å². The van der Waals surface area contributed by atoms with E-state index in [-0.39, 0.29) is 11.4 Å². The van der Waals surface area contributed by atoms with Gasteiger partial charge in [0.05, 0.1) is 5.41 Å². The van der Waals surface area contributed by atoms with Crippen molar-refractivity contribution in [1.82, 2.24) is 0 Å². The molecule has 0 aromatic heterocycles. The Morgan fingerprint density at radius 1 is 1.64 bits per heavy atom. The average Bonchev–Trinajstić information content (AvgIpc) is 2.78. The summed E-state index contributed by atoms with van der Waals surface area (Å²) in [4.78, 5) is 11.8. The van der Waals surface area contributed by atoms with Crippen LogP contribution < -0.4 is 0 Å². The Morgan fingerprint density at radius 2 is 2.43 bits per heavy atom. The number of fused-ring (bicyclic) bond motifs is 2. The Morgan fingerprint density at radius 3 is 2.86 bits per heavy atom. The molecule has 0 N–H and O–H groups in total. The quantitative estimate of drug-likeness (QED) is 0.393. The van der Waals surface area contributed by atoms with E-state index in [1.165, 1.54) is 7.11 Å². The minimum atomic E-state index is -0.440. The maximum atomic E-state index is 11.8. The molecule has 0 heterocycles. The van der Waals surface area contributed by atoms with Crippen LogP contribution in [0.1, 0.15) is 26.2 Å². The van der Waals surface area contributed by atoms with Gasteiger partial charge in [-0.05, 0) is 32.1 Å². The topological polar surface area (TPSA) is 35.5 Å². The van der Waals surface area contributed by atoms with Gasteiger partial charge < -0.3 is 9.47 Å². The van der Waals surface area contributed by atoms with Gasteiger partial charge in [-0.3, -0.25) is 4.79 Å². The number of allylic oxidation sites excluding steroid dienone is 1. The number of methoxy groups -OCH3 is 1. The first-order valence-electron chi connectivity index (χ1n) is 5.09. The van der Waals surface area contributed by atoms with Crippen molar-refractivity contribution in [3.05, 3.63) is 12.2 Å². The third kappa shape index (κ3) is 1.46. The second kappa shape index (κ2) is 3.39. The first-order valence-corrected chi connectivity index (χ1v) is 5.09. The van der Waals surface area contributed by atoms with Crippen LogP contribution in [0.5, 0.6) is 0 Å². The molecule has 1 saturated carbocycles. The molecule has 3 atom stereocenters. The molecule has 14 heavy (non-hydrogen) atoms. The van der Waals surface area contributed by atoms with Crippen LogP contribution in [0.15, 0.2) is 12.2 Å². The fourth-order valence-corrected chi connectivity index (χ4v) is 2.32. The van der Waals surface area contributed by atoms with Crippen molar-refractivity contribution in [2.75, 3.05) is 7.11 Å². The lowest BCUT2D eigenvalue weighted by Gasteiger charge is -2.23. The fourth-order valence-electron chi connectivity index (χ4n) is 2.32. The second-order valence-corrected chi connectivity index (χ2v) is 4.23. The average molecular weight is 196 g/mol. The van der Waals surface area contributed by atoms with E-state index in [2.05, 4.69) is 6.08 Å². The summed E-state index contributed by atoms with van der Waals surface area (Å²) in [6, 6.07) is 0. The lowest BCUT2D eigenvalue weighted by atomic mass is 9.88. The molecule has 2 rings (SSSR count). The van der Waals surface area contributed by atoms with Crippen LogP contribution in [0.25, 0.3) is 0 Å². The lowest BCUT2D eigenvalue weighted by Crippen LogP contribution is -2.30. The van der Waals surface area contributed by atoms with Crippen molar-refractivity contribution in [3.63, 3.8) is 0 Å². The van der Waals surface area contributed by atoms with E-state index in [9.17, 15) is 4.79 Å². The summed E-state index contributed by atoms with van der Waals surface area (Å²) in [5, 5.41) is 0. The lowest BCUT2D eigenvalue weighted by molar-refractivity contribution is -0.178. The molecule has 3 heteroatoms. The van der Waals surface area contributed by atoms with Gasteiger partial charge in [0, 0.05) is 7.11 Å². The molecule has 0 amide bonds. The van der Waals surface area contributed by atoms with Crippen molar-refractivity contribution in [1.29, 1.82) is 0 Å². The zero-order valence-corrected chi connectivity index (χ0v) is 8.66. The maximum Gasteiger partial charge on any atom is 0.318 e. The number of rotatable bonds is 3. The number of esters is 1. The summed E-state index contributed by atoms with van der Waals surface area (Å²) in [7, 11) is 1.54. The minimum Gasteiger partial charge on any atom is -0.435 e. The molecule has 2 aliphatic carbocycles. The standard InChI is InChI=1S/C11H16O3/c1-8(13-2)14-10(12)11-5-3-9(7-11)4-6-11/h3,5,8-9H,4,6-7H2,1-2H3. The number of carbonyl (C=O) groups excluding carboxylic acids is 1. The summed E-state index contributed by atoms with van der Waals surface area (Å²) in [5.74, 6) is 0.475. The van der Waals surface area contributed by atoms with Gasteiger partial charge >= 0.3 is 5.97 Å². The molecule has 2 aliphatic rings. The summed E-state index contributed by atoms with van der Waals surface area (Å²) < 4.78 is 10.1. The Hall–Kier alpha value is -0.830. The van der Waals surface area contributed by atoms with Crippen molar-refractivity contribution in [3.8, 4) is 0 Å². The van der Waals surface area contributed by atoms with Crippen LogP contribution in [0.2, 0.25) is 0 Å². The van der Waals surface area contributed by atoms with Gasteiger partial charge in [0.15, 0.2) is 6.29 Å². The van der Waals surface area contributed by atoms with E-state index in [0.717, 1.165) is 19.3 Å². The fraction of sp³-hybridized carbons (Fsp3) is 0.727. The smallest absolute Gasteiger partial charge is 0.318 e. The summed E-state index contributed by atoms with van der Waals surface area (Å²) in [6.07, 6.45) is 6.71. The predicted octanol–water partition coefficient (Wildman–Crippen LogP) is 1.88. The van der Waals surface area contributed by atoms with Crippen LogP contribution in [-0.4, -0.2) is 19.4 Å². The van der Waals surface area contributed by atoms with Gasteiger partial charge in [-0.2, -0.15) is 0 Å². The molecular weight excluding hydrogens is 180 g/mol. The number of hydrogen-bond acceptors (Lipinski definition) is 3. The normalized spacial score (nSPS) is 36.0. The number of ether oxygens (including phenoxy) is 2. The number of carbonyl (C=O) groups is 1. The molecule has 3 nitrogen and oxygen atoms in total. The van der Waals surface area contributed by atoms with Gasteiger partial charge in [0.25, 0.3) is 0 Å². The molecule has 1 fully saturated rings. The van der Waals surface area contributed by atoms with E-state index in [4.69, 9.17) is 9.47 Å². The molecule has 0 radical (unpaired) electrons. The molecule has 78 valence electrons. The summed E-state index contributed by atoms with van der Waals surface area (Å²) >= 11 is 0. The van der Waals surface area contributed by atoms with Crippen LogP contribution in [-0.2, 0) is 14.3 Å². The largest absolute Gasteiger partial charge is 0.435 e. The zero-order valence-electron chi connectivity index (χ0n) is 8.66. The molecule has 0 aliphatic heterocycles. The molecule has 0 aromatic rings. The van der Waals surface area contributed by atoms with E-state index < -0.39 is 6.29 Å². The summed E-state index contributed by atoms with van der Waals surface area (Å²) in [5.41, 5.74) is -0.322. The molecular formula is C11H16O3. The Balaban J connectivity index is 2.01. The highest BCUT2D eigenvalue weighted by Crippen LogP contribution is 2.49. The zero-order chi connectivity index (χ0) is 10.2. The molecule has 3 unspecified atom stereocenters. The highest BCUT2D eigenvalue weighted by molar-refractivity contribution is 5.80. The first kappa shape index (κ1) is 9.71. The van der Waals surface area contributed by atoms with Gasteiger partial charge in [-0.15, -0.1) is 0 Å². The Kier molecular flexibility index (Phi) is 2.35. The van der Waals surface area contributed by atoms with Crippen LogP contribution in [0.3, 0.4) is 0 Å². The van der Waals surface area contributed by atoms with E-state index in [1.807, 2.05) is 6.08 Å². The monoisotopic (exact) mass is 196 g/mol. The highest BCUT2D eigenvalue weighted by atomic mass is 16.7. The van der Waals surface area contributed by atoms with Crippen LogP contribution in [0, 0.1) is 11.3 Å². The first-order chi connectivity index (χ1) is 6.66. The summed E-state index contributed by atoms with van der Waals surface area (Å²) in [6.45, 7) is 1.74. The van der Waals surface area contributed by atoms with Gasteiger partial charge in [-0.1, -0.05) is 12.2 Å². The highest BCUT2D eigenvalue weighted by Gasteiger charge is 2.48. The van der Waals surface area contributed by atoms with Crippen molar-refractivity contribution in [2.24, 2.45) is 11.3 Å². The Labute approximate surface area is 84.1 Å². The van der Waals surface area contributed by atoms with Gasteiger partial charge in [-0.25, -0.2) is 0 Å². The molecule has 0 saturated heterocycles. The van der Waals surface area contributed by atoms with Crippen molar-refractivity contribution < 1.29 is 14.3 Å². The van der Waals surface area contributed by atoms with Crippen molar-refractivity contribution in [2.45, 2.75) is 32.5 Å². The predicted molar refractivity (Wildman–Crippen MR) is 51.5 cm³/mol. The van der Waals surface area contributed by atoms with Crippen molar-refractivity contribution >= 4 is 5.97 Å². The van der Waals surface area contributed by atoms with E-state index in [1.54, 1.807) is 6.92 Å². The van der Waals surface area contributed by atoms with Crippen LogP contribution in [0.4, 0.5) is 0 Å². The van der Waals surface area contributed by atoms with E-state index in [0.29, 0.717) is 5.92 Å². The number of hydrogen-bond donors (Lipinski definition) is 0. The van der Waals surface area contributed by atoms with Gasteiger partial charge in [0.1, 0.15) is 0 Å². The third-order valence-corrected chi connectivity index (χ3v) is 3.29. The Bertz CT molecular complexity index is 272.